The van der Waals surface area contributed by atoms with E-state index in [1.165, 1.54) is 5.56 Å². The number of pyridine rings is 1. The van der Waals surface area contributed by atoms with Gasteiger partial charge >= 0.3 is 5.97 Å². The number of anilines is 2. The standard InChI is InChI=1S/C28H27N3O2/c1-5-21(4)33-28(32)23-11-10-20(3)22(17-23)12-15-25-18-29-27-26(7-6-16-31(25)27)30-24-13-8-19(2)9-14-24/h6-11,13-14,16-18,21,30H,5H2,1-4H3. The summed E-state index contributed by atoms with van der Waals surface area (Å²) in [6, 6.07) is 17.7. The molecule has 33 heavy (non-hydrogen) atoms. The lowest BCUT2D eigenvalue weighted by molar-refractivity contribution is 0.0334. The first-order valence-corrected chi connectivity index (χ1v) is 11.1. The second kappa shape index (κ2) is 9.62. The normalized spacial score (nSPS) is 11.5. The molecular weight excluding hydrogens is 410 g/mol. The lowest BCUT2D eigenvalue weighted by Gasteiger charge is -2.11. The Labute approximate surface area is 194 Å². The molecule has 1 unspecified atom stereocenters. The Kier molecular flexibility index (Phi) is 6.46. The van der Waals surface area contributed by atoms with E-state index in [0.29, 0.717) is 5.56 Å². The summed E-state index contributed by atoms with van der Waals surface area (Å²) >= 11 is 0. The summed E-state index contributed by atoms with van der Waals surface area (Å²) in [6.07, 6.45) is 4.37. The molecule has 0 amide bonds. The van der Waals surface area contributed by atoms with E-state index >= 15 is 0 Å². The topological polar surface area (TPSA) is 55.6 Å². The van der Waals surface area contributed by atoms with Gasteiger partial charge in [0.2, 0.25) is 0 Å². The third kappa shape index (κ3) is 5.07. The van der Waals surface area contributed by atoms with Gasteiger partial charge < -0.3 is 10.1 Å². The highest BCUT2D eigenvalue weighted by molar-refractivity contribution is 5.90. The Hall–Kier alpha value is -4.04. The zero-order chi connectivity index (χ0) is 23.4. The number of rotatable bonds is 5. The second-order valence-electron chi connectivity index (χ2n) is 8.15. The highest BCUT2D eigenvalue weighted by Gasteiger charge is 2.12. The molecule has 5 nitrogen and oxygen atoms in total. The highest BCUT2D eigenvalue weighted by atomic mass is 16.5. The summed E-state index contributed by atoms with van der Waals surface area (Å²) in [4.78, 5) is 17.0. The van der Waals surface area contributed by atoms with E-state index in [9.17, 15) is 4.79 Å². The van der Waals surface area contributed by atoms with E-state index in [-0.39, 0.29) is 12.1 Å². The molecule has 0 saturated carbocycles. The number of aryl methyl sites for hydroxylation is 2. The Morgan fingerprint density at radius 1 is 1.12 bits per heavy atom. The van der Waals surface area contributed by atoms with Crippen molar-refractivity contribution in [1.29, 1.82) is 0 Å². The maximum absolute atomic E-state index is 12.4. The number of nitrogens with zero attached hydrogens (tertiary/aromatic N) is 2. The van der Waals surface area contributed by atoms with E-state index in [0.717, 1.165) is 40.3 Å². The van der Waals surface area contributed by atoms with Crippen LogP contribution in [0.4, 0.5) is 11.4 Å². The van der Waals surface area contributed by atoms with Crippen molar-refractivity contribution in [2.45, 2.75) is 40.2 Å². The van der Waals surface area contributed by atoms with Gasteiger partial charge in [-0.25, -0.2) is 9.78 Å². The van der Waals surface area contributed by atoms with E-state index in [4.69, 9.17) is 4.74 Å². The fourth-order valence-electron chi connectivity index (χ4n) is 3.34. The highest BCUT2D eigenvalue weighted by Crippen LogP contribution is 2.22. The van der Waals surface area contributed by atoms with Crippen LogP contribution in [0.3, 0.4) is 0 Å². The van der Waals surface area contributed by atoms with Gasteiger partial charge in [-0.3, -0.25) is 4.40 Å². The number of hydrogen-bond donors (Lipinski definition) is 1. The molecule has 2 aromatic heterocycles. The second-order valence-corrected chi connectivity index (χ2v) is 8.15. The largest absolute Gasteiger partial charge is 0.459 e. The summed E-state index contributed by atoms with van der Waals surface area (Å²) in [5.74, 6) is 6.09. The molecule has 1 N–H and O–H groups in total. The first-order valence-electron chi connectivity index (χ1n) is 11.1. The smallest absolute Gasteiger partial charge is 0.338 e. The molecule has 5 heteroatoms. The third-order valence-electron chi connectivity index (χ3n) is 5.55. The molecule has 4 rings (SSSR count). The molecule has 0 spiro atoms. The van der Waals surface area contributed by atoms with Crippen molar-refractivity contribution in [1.82, 2.24) is 9.38 Å². The van der Waals surface area contributed by atoms with Crippen LogP contribution in [0.1, 0.15) is 53.0 Å². The van der Waals surface area contributed by atoms with Crippen LogP contribution >= 0.6 is 0 Å². The summed E-state index contributed by atoms with van der Waals surface area (Å²) in [7, 11) is 0. The molecule has 0 radical (unpaired) electrons. The van der Waals surface area contributed by atoms with Crippen LogP contribution in [0.25, 0.3) is 5.65 Å². The maximum atomic E-state index is 12.4. The van der Waals surface area contributed by atoms with Crippen molar-refractivity contribution >= 4 is 23.0 Å². The molecule has 2 aromatic carbocycles. The Morgan fingerprint density at radius 2 is 1.91 bits per heavy atom. The molecule has 2 heterocycles. The fourth-order valence-corrected chi connectivity index (χ4v) is 3.34. The third-order valence-corrected chi connectivity index (χ3v) is 5.55. The van der Waals surface area contributed by atoms with Crippen LogP contribution in [-0.4, -0.2) is 21.5 Å². The predicted octanol–water partition coefficient (Wildman–Crippen LogP) is 6.05. The molecule has 0 aliphatic rings. The van der Waals surface area contributed by atoms with Gasteiger partial charge in [0.25, 0.3) is 0 Å². The lowest BCUT2D eigenvalue weighted by Crippen LogP contribution is -2.14. The molecular formula is C28H27N3O2. The van der Waals surface area contributed by atoms with Crippen molar-refractivity contribution in [3.05, 3.63) is 94.9 Å². The van der Waals surface area contributed by atoms with Crippen LogP contribution in [0.15, 0.2) is 67.0 Å². The van der Waals surface area contributed by atoms with Crippen LogP contribution in [0, 0.1) is 25.7 Å². The van der Waals surface area contributed by atoms with Gasteiger partial charge in [0.1, 0.15) is 5.69 Å². The van der Waals surface area contributed by atoms with E-state index in [1.807, 2.05) is 61.7 Å². The fraction of sp³-hybridized carbons (Fsp3) is 0.214. The number of nitrogens with one attached hydrogen (secondary N) is 1. The van der Waals surface area contributed by atoms with Gasteiger partial charge in [0.15, 0.2) is 5.65 Å². The van der Waals surface area contributed by atoms with Crippen molar-refractivity contribution < 1.29 is 9.53 Å². The Balaban J connectivity index is 1.62. The number of aromatic nitrogens is 2. The van der Waals surface area contributed by atoms with Crippen LogP contribution in [0.2, 0.25) is 0 Å². The van der Waals surface area contributed by atoms with Gasteiger partial charge in [-0.1, -0.05) is 36.6 Å². The van der Waals surface area contributed by atoms with E-state index < -0.39 is 0 Å². The number of carbonyl (C=O) groups excluding carboxylic acids is 1. The van der Waals surface area contributed by atoms with Crippen LogP contribution < -0.4 is 5.32 Å². The molecule has 1 atom stereocenters. The van der Waals surface area contributed by atoms with Gasteiger partial charge in [-0.05, 0) is 75.1 Å². The van der Waals surface area contributed by atoms with Crippen molar-refractivity contribution in [3.8, 4) is 11.8 Å². The number of ether oxygens (including phenoxy) is 1. The Bertz CT molecular complexity index is 1360. The van der Waals surface area contributed by atoms with E-state index in [2.05, 4.69) is 41.2 Å². The predicted molar refractivity (Wildman–Crippen MR) is 132 cm³/mol. The molecule has 0 bridgehead atoms. The van der Waals surface area contributed by atoms with Crippen molar-refractivity contribution in [3.63, 3.8) is 0 Å². The molecule has 0 saturated heterocycles. The SMILES string of the molecule is CCC(C)OC(=O)c1ccc(C)c(C#Cc2cnc3c(Nc4ccc(C)cc4)cccn23)c1. The maximum Gasteiger partial charge on any atom is 0.338 e. The summed E-state index contributed by atoms with van der Waals surface area (Å²) in [6.45, 7) is 7.92. The first kappa shape index (κ1) is 22.2. The number of benzene rings is 2. The van der Waals surface area contributed by atoms with Gasteiger partial charge in [-0.15, -0.1) is 0 Å². The number of imidazole rings is 1. The molecule has 166 valence electrons. The van der Waals surface area contributed by atoms with Gasteiger partial charge in [0.05, 0.1) is 23.6 Å². The minimum absolute atomic E-state index is 0.116. The molecule has 0 fully saturated rings. The summed E-state index contributed by atoms with van der Waals surface area (Å²) in [5.41, 5.74) is 6.98. The van der Waals surface area contributed by atoms with Gasteiger partial charge in [-0.2, -0.15) is 0 Å². The summed E-state index contributed by atoms with van der Waals surface area (Å²) < 4.78 is 7.41. The van der Waals surface area contributed by atoms with E-state index in [1.54, 1.807) is 18.3 Å². The van der Waals surface area contributed by atoms with Crippen LogP contribution in [-0.2, 0) is 4.74 Å². The van der Waals surface area contributed by atoms with Gasteiger partial charge in [0, 0.05) is 17.4 Å². The zero-order valence-corrected chi connectivity index (χ0v) is 19.3. The number of esters is 1. The first-order chi connectivity index (χ1) is 15.9. The molecule has 4 aromatic rings. The van der Waals surface area contributed by atoms with Crippen molar-refractivity contribution in [2.24, 2.45) is 0 Å². The molecule has 0 aliphatic heterocycles. The minimum atomic E-state index is -0.325. The van der Waals surface area contributed by atoms with Crippen molar-refractivity contribution in [2.75, 3.05) is 5.32 Å². The Morgan fingerprint density at radius 3 is 2.67 bits per heavy atom. The minimum Gasteiger partial charge on any atom is -0.459 e. The zero-order valence-electron chi connectivity index (χ0n) is 19.3. The summed E-state index contributed by atoms with van der Waals surface area (Å²) in [5, 5.41) is 3.43. The average molecular weight is 438 g/mol. The monoisotopic (exact) mass is 437 g/mol. The number of carbonyl (C=O) groups is 1. The number of fused-ring (bicyclic) bond motifs is 1. The number of hydrogen-bond acceptors (Lipinski definition) is 4. The lowest BCUT2D eigenvalue weighted by atomic mass is 10.1. The molecule has 0 aliphatic carbocycles. The van der Waals surface area contributed by atoms with Crippen LogP contribution in [0.5, 0.6) is 0 Å². The average Bonchev–Trinajstić information content (AvgIpc) is 3.24. The quantitative estimate of drug-likeness (QED) is 0.305.